The van der Waals surface area contributed by atoms with Crippen LogP contribution >= 0.6 is 0 Å². The van der Waals surface area contributed by atoms with Crippen LogP contribution in [-0.4, -0.2) is 35.7 Å². The van der Waals surface area contributed by atoms with Gasteiger partial charge in [-0.3, -0.25) is 9.59 Å². The summed E-state index contributed by atoms with van der Waals surface area (Å²) < 4.78 is 0. The van der Waals surface area contributed by atoms with E-state index in [0.717, 1.165) is 68.4 Å². The van der Waals surface area contributed by atoms with E-state index >= 15 is 0 Å². The van der Waals surface area contributed by atoms with Crippen molar-refractivity contribution >= 4 is 5.91 Å². The Bertz CT molecular complexity index is 554. The number of rotatable bonds is 8. The predicted octanol–water partition coefficient (Wildman–Crippen LogP) is 0.697. The maximum absolute atomic E-state index is 12.0. The average molecular weight is 306 g/mol. The number of carbonyl (C=O) groups excluding carboxylic acids is 1. The monoisotopic (exact) mass is 306 g/mol. The first-order chi connectivity index (χ1) is 10.7. The fourth-order valence-electron chi connectivity index (χ4n) is 2.83. The zero-order valence-corrected chi connectivity index (χ0v) is 13.3. The van der Waals surface area contributed by atoms with Crippen LogP contribution in [0.5, 0.6) is 0 Å². The summed E-state index contributed by atoms with van der Waals surface area (Å²) in [7, 11) is 0. The van der Waals surface area contributed by atoms with Gasteiger partial charge < -0.3 is 10.6 Å². The molecule has 122 valence electrons. The molecule has 6 heteroatoms. The third-order valence-electron chi connectivity index (χ3n) is 3.99. The lowest BCUT2D eigenvalue weighted by molar-refractivity contribution is -0.120. The van der Waals surface area contributed by atoms with E-state index in [4.69, 9.17) is 0 Å². The topological polar surface area (TPSA) is 86.9 Å². The molecule has 0 saturated carbocycles. The van der Waals surface area contributed by atoms with E-state index in [9.17, 15) is 9.59 Å². The molecule has 1 aromatic heterocycles. The second kappa shape index (κ2) is 8.68. The highest BCUT2D eigenvalue weighted by Crippen LogP contribution is 2.20. The number of H-pyrrole nitrogens is 1. The Kier molecular flexibility index (Phi) is 6.58. The van der Waals surface area contributed by atoms with Crippen molar-refractivity contribution in [3.8, 4) is 0 Å². The largest absolute Gasteiger partial charge is 0.356 e. The number of fused-ring (bicyclic) bond motifs is 1. The first-order valence-corrected chi connectivity index (χ1v) is 8.29. The van der Waals surface area contributed by atoms with Gasteiger partial charge in [0.1, 0.15) is 0 Å². The van der Waals surface area contributed by atoms with Crippen LogP contribution in [0.2, 0.25) is 0 Å². The third kappa shape index (κ3) is 4.66. The minimum atomic E-state index is -0.0964. The van der Waals surface area contributed by atoms with Crippen molar-refractivity contribution in [3.05, 3.63) is 27.2 Å². The second-order valence-corrected chi connectivity index (χ2v) is 5.79. The zero-order valence-electron chi connectivity index (χ0n) is 13.3. The van der Waals surface area contributed by atoms with Crippen molar-refractivity contribution < 1.29 is 4.79 Å². The maximum Gasteiger partial charge on any atom is 0.267 e. The molecule has 0 radical (unpaired) electrons. The van der Waals surface area contributed by atoms with E-state index in [1.165, 1.54) is 0 Å². The van der Waals surface area contributed by atoms with E-state index in [0.29, 0.717) is 6.54 Å². The van der Waals surface area contributed by atoms with E-state index in [1.54, 1.807) is 0 Å². The molecule has 1 aromatic rings. The normalized spacial score (nSPS) is 13.7. The summed E-state index contributed by atoms with van der Waals surface area (Å²) in [5, 5.41) is 12.8. The first-order valence-electron chi connectivity index (χ1n) is 8.29. The van der Waals surface area contributed by atoms with E-state index < -0.39 is 0 Å². The molecule has 0 aliphatic heterocycles. The molecule has 6 nitrogen and oxygen atoms in total. The molecule has 0 bridgehead atoms. The van der Waals surface area contributed by atoms with Crippen LogP contribution in [0.3, 0.4) is 0 Å². The fraction of sp³-hybridized carbons (Fsp3) is 0.688. The molecule has 0 fully saturated rings. The molecule has 0 unspecified atom stereocenters. The van der Waals surface area contributed by atoms with Crippen molar-refractivity contribution in [2.45, 2.75) is 51.9 Å². The molecule has 1 heterocycles. The van der Waals surface area contributed by atoms with Crippen molar-refractivity contribution in [3.63, 3.8) is 0 Å². The highest BCUT2D eigenvalue weighted by atomic mass is 16.1. The molecule has 1 amide bonds. The van der Waals surface area contributed by atoms with Crippen LogP contribution in [0.4, 0.5) is 0 Å². The molecule has 0 aromatic carbocycles. The first kappa shape index (κ1) is 16.7. The van der Waals surface area contributed by atoms with E-state index in [-0.39, 0.29) is 17.9 Å². The van der Waals surface area contributed by atoms with Crippen LogP contribution in [0.15, 0.2) is 4.79 Å². The summed E-state index contributed by atoms with van der Waals surface area (Å²) in [6, 6.07) is 0. The zero-order chi connectivity index (χ0) is 15.8. The number of aromatic amines is 1. The van der Waals surface area contributed by atoms with Crippen LogP contribution in [0, 0.1) is 0 Å². The third-order valence-corrected chi connectivity index (χ3v) is 3.99. The highest BCUT2D eigenvalue weighted by molar-refractivity contribution is 5.78. The van der Waals surface area contributed by atoms with Gasteiger partial charge in [0.15, 0.2) is 0 Å². The molecule has 1 aliphatic rings. The van der Waals surface area contributed by atoms with Crippen molar-refractivity contribution in [2.24, 2.45) is 0 Å². The Balaban J connectivity index is 1.83. The number of nitrogens with zero attached hydrogens (tertiary/aromatic N) is 1. The SMILES string of the molecule is CCCNCCCNC(=O)Cc1n[nH]c(=O)c2c1CCCC2. The lowest BCUT2D eigenvalue weighted by Crippen LogP contribution is -2.31. The smallest absolute Gasteiger partial charge is 0.267 e. The quantitative estimate of drug-likeness (QED) is 0.617. The molecule has 1 aliphatic carbocycles. The van der Waals surface area contributed by atoms with Gasteiger partial charge in [0.25, 0.3) is 5.56 Å². The lowest BCUT2D eigenvalue weighted by Gasteiger charge is -2.17. The van der Waals surface area contributed by atoms with Gasteiger partial charge in [0.2, 0.25) is 5.91 Å². The molecule has 0 saturated heterocycles. The molecular formula is C16H26N4O2. The standard InChI is InChI=1S/C16H26N4O2/c1-2-8-17-9-5-10-18-15(21)11-14-12-6-3-4-7-13(12)16(22)20-19-14/h17H,2-11H2,1H3,(H,18,21)(H,20,22). The lowest BCUT2D eigenvalue weighted by atomic mass is 9.91. The molecule has 0 spiro atoms. The second-order valence-electron chi connectivity index (χ2n) is 5.79. The van der Waals surface area contributed by atoms with Crippen LogP contribution in [-0.2, 0) is 24.1 Å². The van der Waals surface area contributed by atoms with Gasteiger partial charge >= 0.3 is 0 Å². The summed E-state index contributed by atoms with van der Waals surface area (Å²) in [4.78, 5) is 23.8. The fourth-order valence-corrected chi connectivity index (χ4v) is 2.83. The van der Waals surface area contributed by atoms with Crippen molar-refractivity contribution in [1.29, 1.82) is 0 Å². The van der Waals surface area contributed by atoms with Gasteiger partial charge in [-0.2, -0.15) is 5.10 Å². The average Bonchev–Trinajstić information content (AvgIpc) is 2.54. The predicted molar refractivity (Wildman–Crippen MR) is 86.0 cm³/mol. The van der Waals surface area contributed by atoms with Gasteiger partial charge in [-0.25, -0.2) is 5.10 Å². The van der Waals surface area contributed by atoms with Gasteiger partial charge in [-0.05, 0) is 57.2 Å². The molecule has 22 heavy (non-hydrogen) atoms. The summed E-state index contributed by atoms with van der Waals surface area (Å²) in [6.45, 7) is 4.73. The molecule has 2 rings (SSSR count). The number of hydrogen-bond donors (Lipinski definition) is 3. The summed E-state index contributed by atoms with van der Waals surface area (Å²) >= 11 is 0. The molecule has 3 N–H and O–H groups in total. The van der Waals surface area contributed by atoms with Gasteiger partial charge in [0, 0.05) is 12.1 Å². The molecule has 0 atom stereocenters. The number of hydrogen-bond acceptors (Lipinski definition) is 4. The van der Waals surface area contributed by atoms with E-state index in [1.807, 2.05) is 0 Å². The van der Waals surface area contributed by atoms with Gasteiger partial charge in [-0.15, -0.1) is 0 Å². The van der Waals surface area contributed by atoms with Gasteiger partial charge in [-0.1, -0.05) is 6.92 Å². The molecular weight excluding hydrogens is 280 g/mol. The Hall–Kier alpha value is -1.69. The minimum absolute atomic E-state index is 0.0252. The summed E-state index contributed by atoms with van der Waals surface area (Å²) in [5.41, 5.74) is 2.46. The highest BCUT2D eigenvalue weighted by Gasteiger charge is 2.19. The summed E-state index contributed by atoms with van der Waals surface area (Å²) in [5.74, 6) is -0.0252. The number of amides is 1. The Morgan fingerprint density at radius 2 is 1.95 bits per heavy atom. The Morgan fingerprint density at radius 3 is 2.73 bits per heavy atom. The van der Waals surface area contributed by atoms with Crippen LogP contribution in [0.1, 0.15) is 49.4 Å². The van der Waals surface area contributed by atoms with E-state index in [2.05, 4.69) is 27.8 Å². The number of nitrogens with one attached hydrogen (secondary N) is 3. The van der Waals surface area contributed by atoms with Gasteiger partial charge in [0.05, 0.1) is 12.1 Å². The van der Waals surface area contributed by atoms with Crippen LogP contribution in [0.25, 0.3) is 0 Å². The number of carbonyl (C=O) groups is 1. The number of aromatic nitrogens is 2. The Labute approximate surface area is 131 Å². The van der Waals surface area contributed by atoms with Crippen molar-refractivity contribution in [2.75, 3.05) is 19.6 Å². The maximum atomic E-state index is 12.0. The van der Waals surface area contributed by atoms with Crippen molar-refractivity contribution in [1.82, 2.24) is 20.8 Å². The summed E-state index contributed by atoms with van der Waals surface area (Å²) in [6.07, 6.45) is 6.05. The Morgan fingerprint density at radius 1 is 1.18 bits per heavy atom. The minimum Gasteiger partial charge on any atom is -0.356 e. The van der Waals surface area contributed by atoms with Crippen LogP contribution < -0.4 is 16.2 Å².